The number of nitrogens with one attached hydrogen (secondary N) is 1. The van der Waals surface area contributed by atoms with Crippen LogP contribution in [0.5, 0.6) is 0 Å². The van der Waals surface area contributed by atoms with Crippen molar-refractivity contribution >= 4 is 11.8 Å². The molecule has 2 nitrogen and oxygen atoms in total. The average molecular weight is 194 g/mol. The first kappa shape index (κ1) is 10.3. The van der Waals surface area contributed by atoms with Gasteiger partial charge in [-0.1, -0.05) is 6.08 Å². The average Bonchev–Trinajstić information content (AvgIpc) is 2.19. The summed E-state index contributed by atoms with van der Waals surface area (Å²) in [7, 11) is 0. The van der Waals surface area contributed by atoms with Gasteiger partial charge in [0.15, 0.2) is 0 Å². The Labute approximate surface area is 83.5 Å². The van der Waals surface area contributed by atoms with Gasteiger partial charge in [-0.05, 0) is 12.1 Å². The first-order chi connectivity index (χ1) is 6.43. The summed E-state index contributed by atoms with van der Waals surface area (Å²) in [5.74, 6) is 1.08. The van der Waals surface area contributed by atoms with Crippen LogP contribution in [-0.2, 0) is 0 Å². The number of pyridine rings is 1. The van der Waals surface area contributed by atoms with Crippen molar-refractivity contribution < 1.29 is 0 Å². The SMILES string of the molecule is C=CCNCCSc1ccncc1. The Kier molecular flexibility index (Phi) is 5.29. The fourth-order valence-electron chi connectivity index (χ4n) is 0.880. The third-order valence-electron chi connectivity index (χ3n) is 1.49. The van der Waals surface area contributed by atoms with E-state index in [0.717, 1.165) is 18.8 Å². The third kappa shape index (κ3) is 4.70. The predicted octanol–water partition coefficient (Wildman–Crippen LogP) is 1.95. The summed E-state index contributed by atoms with van der Waals surface area (Å²) in [6, 6.07) is 4.05. The first-order valence-corrected chi connectivity index (χ1v) is 5.26. The fraction of sp³-hybridized carbons (Fsp3) is 0.300. The van der Waals surface area contributed by atoms with Crippen LogP contribution >= 0.6 is 11.8 Å². The molecule has 1 aromatic rings. The Morgan fingerprint density at radius 3 is 2.92 bits per heavy atom. The standard InChI is InChI=1S/C10H14N2S/c1-2-5-11-8-9-13-10-3-6-12-7-4-10/h2-4,6-7,11H,1,5,8-9H2. The number of hydrogen-bond acceptors (Lipinski definition) is 3. The van der Waals surface area contributed by atoms with Crippen LogP contribution in [0.25, 0.3) is 0 Å². The summed E-state index contributed by atoms with van der Waals surface area (Å²) >= 11 is 1.83. The van der Waals surface area contributed by atoms with Gasteiger partial charge < -0.3 is 5.32 Å². The van der Waals surface area contributed by atoms with E-state index < -0.39 is 0 Å². The minimum absolute atomic E-state index is 0.886. The van der Waals surface area contributed by atoms with Gasteiger partial charge in [0.05, 0.1) is 0 Å². The lowest BCUT2D eigenvalue weighted by atomic mass is 10.5. The molecule has 0 amide bonds. The van der Waals surface area contributed by atoms with E-state index >= 15 is 0 Å². The van der Waals surface area contributed by atoms with E-state index in [1.807, 2.05) is 42.4 Å². The van der Waals surface area contributed by atoms with Gasteiger partial charge in [-0.2, -0.15) is 0 Å². The Bertz CT molecular complexity index is 236. The Hall–Kier alpha value is -0.800. The molecule has 1 N–H and O–H groups in total. The number of aromatic nitrogens is 1. The van der Waals surface area contributed by atoms with Crippen LogP contribution in [0.4, 0.5) is 0 Å². The molecule has 0 aliphatic carbocycles. The van der Waals surface area contributed by atoms with E-state index in [4.69, 9.17) is 0 Å². The number of rotatable bonds is 6. The van der Waals surface area contributed by atoms with E-state index in [-0.39, 0.29) is 0 Å². The van der Waals surface area contributed by atoms with Gasteiger partial charge in [0.25, 0.3) is 0 Å². The molecule has 0 unspecified atom stereocenters. The fourth-order valence-corrected chi connectivity index (χ4v) is 1.68. The molecule has 0 bridgehead atoms. The van der Waals surface area contributed by atoms with E-state index in [0.29, 0.717) is 0 Å². The molecule has 13 heavy (non-hydrogen) atoms. The van der Waals surface area contributed by atoms with Crippen LogP contribution in [0, 0.1) is 0 Å². The third-order valence-corrected chi connectivity index (χ3v) is 2.50. The zero-order valence-corrected chi connectivity index (χ0v) is 8.39. The van der Waals surface area contributed by atoms with Crippen molar-refractivity contribution in [3.05, 3.63) is 37.2 Å². The molecule has 0 spiro atoms. The normalized spacial score (nSPS) is 9.85. The van der Waals surface area contributed by atoms with Crippen LogP contribution in [0.2, 0.25) is 0 Å². The summed E-state index contributed by atoms with van der Waals surface area (Å²) in [6.45, 7) is 5.54. The monoisotopic (exact) mass is 194 g/mol. The van der Waals surface area contributed by atoms with E-state index in [1.54, 1.807) is 0 Å². The van der Waals surface area contributed by atoms with Gasteiger partial charge in [0, 0.05) is 36.1 Å². The summed E-state index contributed by atoms with van der Waals surface area (Å²) in [5, 5.41) is 3.25. The topological polar surface area (TPSA) is 24.9 Å². The molecule has 70 valence electrons. The Balaban J connectivity index is 2.10. The van der Waals surface area contributed by atoms with Crippen molar-refractivity contribution in [3.8, 4) is 0 Å². The Morgan fingerprint density at radius 1 is 1.46 bits per heavy atom. The Morgan fingerprint density at radius 2 is 2.23 bits per heavy atom. The molecule has 1 heterocycles. The minimum atomic E-state index is 0.886. The maximum Gasteiger partial charge on any atom is 0.0278 e. The summed E-state index contributed by atoms with van der Waals surface area (Å²) in [4.78, 5) is 5.23. The highest BCUT2D eigenvalue weighted by Gasteiger charge is 1.90. The number of hydrogen-bond donors (Lipinski definition) is 1. The molecule has 3 heteroatoms. The van der Waals surface area contributed by atoms with Crippen LogP contribution in [-0.4, -0.2) is 23.8 Å². The van der Waals surface area contributed by atoms with E-state index in [9.17, 15) is 0 Å². The van der Waals surface area contributed by atoms with Gasteiger partial charge in [0.2, 0.25) is 0 Å². The van der Waals surface area contributed by atoms with Gasteiger partial charge in [0.1, 0.15) is 0 Å². The predicted molar refractivity (Wildman–Crippen MR) is 58.0 cm³/mol. The minimum Gasteiger partial charge on any atom is -0.312 e. The van der Waals surface area contributed by atoms with Crippen LogP contribution < -0.4 is 5.32 Å². The van der Waals surface area contributed by atoms with Gasteiger partial charge >= 0.3 is 0 Å². The molecule has 0 radical (unpaired) electrons. The smallest absolute Gasteiger partial charge is 0.0278 e. The largest absolute Gasteiger partial charge is 0.312 e. The van der Waals surface area contributed by atoms with Crippen molar-refractivity contribution in [2.75, 3.05) is 18.8 Å². The molecule has 0 aromatic carbocycles. The summed E-state index contributed by atoms with van der Waals surface area (Å²) in [6.07, 6.45) is 5.51. The molecular formula is C10H14N2S. The maximum absolute atomic E-state index is 3.96. The second kappa shape index (κ2) is 6.69. The lowest BCUT2D eigenvalue weighted by Gasteiger charge is -2.01. The highest BCUT2D eigenvalue weighted by molar-refractivity contribution is 7.99. The van der Waals surface area contributed by atoms with Gasteiger partial charge in [-0.15, -0.1) is 18.3 Å². The van der Waals surface area contributed by atoms with Crippen LogP contribution in [0.1, 0.15) is 0 Å². The van der Waals surface area contributed by atoms with Gasteiger partial charge in [-0.25, -0.2) is 0 Å². The quantitative estimate of drug-likeness (QED) is 0.425. The first-order valence-electron chi connectivity index (χ1n) is 4.28. The van der Waals surface area contributed by atoms with Crippen molar-refractivity contribution in [2.24, 2.45) is 0 Å². The zero-order valence-electron chi connectivity index (χ0n) is 7.57. The van der Waals surface area contributed by atoms with Crippen molar-refractivity contribution in [2.45, 2.75) is 4.90 Å². The molecule has 0 aliphatic heterocycles. The molecule has 1 rings (SSSR count). The van der Waals surface area contributed by atoms with Crippen molar-refractivity contribution in [3.63, 3.8) is 0 Å². The second-order valence-corrected chi connectivity index (χ2v) is 3.69. The number of nitrogens with zero attached hydrogens (tertiary/aromatic N) is 1. The van der Waals surface area contributed by atoms with Crippen LogP contribution in [0.3, 0.4) is 0 Å². The van der Waals surface area contributed by atoms with Gasteiger partial charge in [-0.3, -0.25) is 4.98 Å². The van der Waals surface area contributed by atoms with Crippen LogP contribution in [0.15, 0.2) is 42.1 Å². The summed E-state index contributed by atoms with van der Waals surface area (Å²) in [5.41, 5.74) is 0. The molecule has 0 atom stereocenters. The molecule has 0 fully saturated rings. The molecule has 0 saturated carbocycles. The van der Waals surface area contributed by atoms with Crippen molar-refractivity contribution in [1.29, 1.82) is 0 Å². The second-order valence-electron chi connectivity index (χ2n) is 2.52. The van der Waals surface area contributed by atoms with Crippen molar-refractivity contribution in [1.82, 2.24) is 10.3 Å². The highest BCUT2D eigenvalue weighted by Crippen LogP contribution is 2.14. The summed E-state index contributed by atoms with van der Waals surface area (Å²) < 4.78 is 0. The molecule has 0 saturated heterocycles. The van der Waals surface area contributed by atoms with E-state index in [1.165, 1.54) is 4.90 Å². The molecular weight excluding hydrogens is 180 g/mol. The number of thioether (sulfide) groups is 1. The maximum atomic E-state index is 3.96. The molecule has 1 aromatic heterocycles. The lowest BCUT2D eigenvalue weighted by Crippen LogP contribution is -2.16. The zero-order chi connectivity index (χ0) is 9.36. The van der Waals surface area contributed by atoms with E-state index in [2.05, 4.69) is 16.9 Å². The molecule has 0 aliphatic rings. The lowest BCUT2D eigenvalue weighted by molar-refractivity contribution is 0.807. The highest BCUT2D eigenvalue weighted by atomic mass is 32.2.